The van der Waals surface area contributed by atoms with Crippen molar-refractivity contribution in [2.45, 2.75) is 26.8 Å². The van der Waals surface area contributed by atoms with Gasteiger partial charge in [0.25, 0.3) is 5.91 Å². The molecule has 7 nitrogen and oxygen atoms in total. The predicted molar refractivity (Wildman–Crippen MR) is 105 cm³/mol. The molecular weight excluding hydrogens is 412 g/mol. The van der Waals surface area contributed by atoms with Crippen LogP contribution in [0, 0.1) is 13.8 Å². The lowest BCUT2D eigenvalue weighted by atomic mass is 10.1. The molecule has 2 heterocycles. The van der Waals surface area contributed by atoms with Crippen LogP contribution in [-0.4, -0.2) is 58.8 Å². The molecule has 1 saturated heterocycles. The van der Waals surface area contributed by atoms with E-state index in [1.807, 2.05) is 30.7 Å². The number of benzene rings is 1. The predicted octanol–water partition coefficient (Wildman–Crippen LogP) is 2.23. The van der Waals surface area contributed by atoms with Crippen molar-refractivity contribution in [1.82, 2.24) is 20.0 Å². The minimum Gasteiger partial charge on any atom is -0.378 e. The third kappa shape index (κ3) is 4.22. The Kier molecular flexibility index (Phi) is 5.96. The molecule has 3 rings (SSSR count). The van der Waals surface area contributed by atoms with Crippen LogP contribution in [0.2, 0.25) is 0 Å². The number of nitrogens with one attached hydrogen (secondary N) is 1. The molecule has 0 spiro atoms. The average Bonchev–Trinajstić information content (AvgIpc) is 2.95. The first-order chi connectivity index (χ1) is 12.9. The number of nitrogens with zero attached hydrogens (tertiary/aromatic N) is 3. The summed E-state index contributed by atoms with van der Waals surface area (Å²) in [7, 11) is 0. The van der Waals surface area contributed by atoms with Gasteiger partial charge in [0.05, 0.1) is 34.8 Å². The molecule has 1 aliphatic heterocycles. The van der Waals surface area contributed by atoms with E-state index in [1.165, 1.54) is 0 Å². The maximum absolute atomic E-state index is 12.5. The number of ether oxygens (including phenoxy) is 1. The smallest absolute Gasteiger partial charge is 0.251 e. The van der Waals surface area contributed by atoms with E-state index < -0.39 is 6.04 Å². The minimum atomic E-state index is -0.581. The Bertz CT molecular complexity index is 841. The molecule has 1 unspecified atom stereocenters. The molecule has 1 N–H and O–H groups in total. The summed E-state index contributed by atoms with van der Waals surface area (Å²) < 4.78 is 8.05. The summed E-state index contributed by atoms with van der Waals surface area (Å²) in [5, 5.41) is 7.26. The van der Waals surface area contributed by atoms with Gasteiger partial charge in [0.15, 0.2) is 0 Å². The van der Waals surface area contributed by atoms with Gasteiger partial charge in [-0.2, -0.15) is 5.10 Å². The largest absolute Gasteiger partial charge is 0.378 e. The van der Waals surface area contributed by atoms with Gasteiger partial charge in [-0.15, -0.1) is 0 Å². The van der Waals surface area contributed by atoms with Crippen LogP contribution in [-0.2, 0) is 9.53 Å². The molecule has 2 amide bonds. The van der Waals surface area contributed by atoms with Crippen molar-refractivity contribution in [3.05, 3.63) is 45.7 Å². The van der Waals surface area contributed by atoms with Gasteiger partial charge in [-0.1, -0.05) is 0 Å². The van der Waals surface area contributed by atoms with Crippen LogP contribution in [0.4, 0.5) is 0 Å². The first-order valence-electron chi connectivity index (χ1n) is 8.88. The van der Waals surface area contributed by atoms with Crippen LogP contribution in [0.5, 0.6) is 0 Å². The normalized spacial score (nSPS) is 15.5. The second-order valence-corrected chi connectivity index (χ2v) is 7.37. The van der Waals surface area contributed by atoms with Crippen molar-refractivity contribution in [1.29, 1.82) is 0 Å². The lowest BCUT2D eigenvalue weighted by molar-refractivity contribution is -0.136. The maximum atomic E-state index is 12.5. The molecule has 27 heavy (non-hydrogen) atoms. The molecule has 0 aliphatic carbocycles. The van der Waals surface area contributed by atoms with Gasteiger partial charge in [0, 0.05) is 18.7 Å². The highest BCUT2D eigenvalue weighted by atomic mass is 79.9. The molecule has 8 heteroatoms. The Labute approximate surface area is 166 Å². The van der Waals surface area contributed by atoms with Gasteiger partial charge in [-0.05, 0) is 61.0 Å². The van der Waals surface area contributed by atoms with Crippen molar-refractivity contribution in [3.8, 4) is 5.69 Å². The lowest BCUT2D eigenvalue weighted by Gasteiger charge is -2.29. The Morgan fingerprint density at radius 2 is 1.81 bits per heavy atom. The molecule has 1 fully saturated rings. The zero-order chi connectivity index (χ0) is 19.6. The van der Waals surface area contributed by atoms with Crippen LogP contribution in [0.3, 0.4) is 0 Å². The third-order valence-electron chi connectivity index (χ3n) is 4.62. The van der Waals surface area contributed by atoms with Gasteiger partial charge >= 0.3 is 0 Å². The highest BCUT2D eigenvalue weighted by Crippen LogP contribution is 2.23. The molecule has 1 aromatic heterocycles. The summed E-state index contributed by atoms with van der Waals surface area (Å²) in [6.07, 6.45) is 0. The molecule has 144 valence electrons. The minimum absolute atomic E-state index is 0.0873. The number of aryl methyl sites for hydroxylation is 1. The molecule has 1 aliphatic rings. The number of aromatic nitrogens is 2. The second-order valence-electron chi connectivity index (χ2n) is 6.58. The fraction of sp³-hybridized carbons (Fsp3) is 0.421. The molecule has 0 bridgehead atoms. The van der Waals surface area contributed by atoms with Gasteiger partial charge in [0.1, 0.15) is 6.04 Å². The summed E-state index contributed by atoms with van der Waals surface area (Å²) in [6.45, 7) is 7.81. The van der Waals surface area contributed by atoms with Crippen LogP contribution in [0.25, 0.3) is 5.69 Å². The standard InChI is InChI=1S/C19H23BrN4O3/c1-12-17(20)14(3)24(22-12)16-6-4-15(5-7-16)18(25)21-13(2)19(26)23-8-10-27-11-9-23/h4-7,13H,8-11H2,1-3H3,(H,21,25). The monoisotopic (exact) mass is 434 g/mol. The first-order valence-corrected chi connectivity index (χ1v) is 9.67. The van der Waals surface area contributed by atoms with Gasteiger partial charge in [-0.3, -0.25) is 9.59 Å². The van der Waals surface area contributed by atoms with Gasteiger partial charge in [0.2, 0.25) is 5.91 Å². The number of rotatable bonds is 4. The van der Waals surface area contributed by atoms with E-state index in [4.69, 9.17) is 4.74 Å². The Balaban J connectivity index is 1.66. The molecule has 2 aromatic rings. The summed E-state index contributed by atoms with van der Waals surface area (Å²) in [5.41, 5.74) is 3.27. The van der Waals surface area contributed by atoms with E-state index in [0.29, 0.717) is 31.9 Å². The van der Waals surface area contributed by atoms with E-state index >= 15 is 0 Å². The lowest BCUT2D eigenvalue weighted by Crippen LogP contribution is -2.50. The highest BCUT2D eigenvalue weighted by molar-refractivity contribution is 9.10. The maximum Gasteiger partial charge on any atom is 0.251 e. The summed E-state index contributed by atoms with van der Waals surface area (Å²) >= 11 is 3.52. The van der Waals surface area contributed by atoms with Gasteiger partial charge in [-0.25, -0.2) is 4.68 Å². The number of halogens is 1. The van der Waals surface area contributed by atoms with Crippen molar-refractivity contribution in [3.63, 3.8) is 0 Å². The topological polar surface area (TPSA) is 76.5 Å². The molecule has 0 radical (unpaired) electrons. The molecular formula is C19H23BrN4O3. The van der Waals surface area contributed by atoms with E-state index in [-0.39, 0.29) is 11.8 Å². The zero-order valence-corrected chi connectivity index (χ0v) is 17.2. The fourth-order valence-corrected chi connectivity index (χ4v) is 3.28. The summed E-state index contributed by atoms with van der Waals surface area (Å²) in [4.78, 5) is 26.6. The van der Waals surface area contributed by atoms with Crippen molar-refractivity contribution < 1.29 is 14.3 Å². The Hall–Kier alpha value is -2.19. The van der Waals surface area contributed by atoms with Crippen LogP contribution < -0.4 is 5.32 Å². The fourth-order valence-electron chi connectivity index (χ4n) is 3.03. The number of hydrogen-bond acceptors (Lipinski definition) is 4. The number of hydrogen-bond donors (Lipinski definition) is 1. The number of carbonyl (C=O) groups is 2. The molecule has 0 saturated carbocycles. The molecule has 1 aromatic carbocycles. The van der Waals surface area contributed by atoms with E-state index in [1.54, 1.807) is 24.0 Å². The Morgan fingerprint density at radius 3 is 2.37 bits per heavy atom. The number of amides is 2. The van der Waals surface area contributed by atoms with Crippen LogP contribution >= 0.6 is 15.9 Å². The summed E-state index contributed by atoms with van der Waals surface area (Å²) in [6, 6.07) is 6.58. The summed E-state index contributed by atoms with van der Waals surface area (Å²) in [5.74, 6) is -0.360. The quantitative estimate of drug-likeness (QED) is 0.800. The zero-order valence-electron chi connectivity index (χ0n) is 15.7. The van der Waals surface area contributed by atoms with E-state index in [0.717, 1.165) is 21.5 Å². The van der Waals surface area contributed by atoms with Crippen LogP contribution in [0.15, 0.2) is 28.7 Å². The molecule has 1 atom stereocenters. The number of morpholine rings is 1. The van der Waals surface area contributed by atoms with Crippen molar-refractivity contribution >= 4 is 27.7 Å². The average molecular weight is 435 g/mol. The third-order valence-corrected chi connectivity index (χ3v) is 5.77. The second kappa shape index (κ2) is 8.22. The van der Waals surface area contributed by atoms with Crippen molar-refractivity contribution in [2.75, 3.05) is 26.3 Å². The SMILES string of the molecule is Cc1nn(-c2ccc(C(=O)NC(C)C(=O)N3CCOCC3)cc2)c(C)c1Br. The highest BCUT2D eigenvalue weighted by Gasteiger charge is 2.24. The van der Waals surface area contributed by atoms with E-state index in [9.17, 15) is 9.59 Å². The van der Waals surface area contributed by atoms with Gasteiger partial charge < -0.3 is 15.0 Å². The Morgan fingerprint density at radius 1 is 1.19 bits per heavy atom. The van der Waals surface area contributed by atoms with E-state index in [2.05, 4.69) is 26.3 Å². The first kappa shape index (κ1) is 19.6. The number of carbonyl (C=O) groups excluding carboxylic acids is 2. The van der Waals surface area contributed by atoms with Crippen molar-refractivity contribution in [2.24, 2.45) is 0 Å². The van der Waals surface area contributed by atoms with Crippen LogP contribution in [0.1, 0.15) is 28.7 Å².